The third kappa shape index (κ3) is 2.66. The van der Waals surface area contributed by atoms with Crippen LogP contribution in [0.25, 0.3) is 0 Å². The van der Waals surface area contributed by atoms with Crippen LogP contribution >= 0.6 is 0 Å². The van der Waals surface area contributed by atoms with E-state index in [0.29, 0.717) is 17.7 Å². The number of para-hydroxylation sites is 1. The lowest BCUT2D eigenvalue weighted by Crippen LogP contribution is -2.41. The van der Waals surface area contributed by atoms with Crippen LogP contribution in [0.2, 0.25) is 0 Å². The Morgan fingerprint density at radius 2 is 1.65 bits per heavy atom. The molecule has 0 aliphatic carbocycles. The normalized spacial score (nSPS) is 19.9. The van der Waals surface area contributed by atoms with Crippen molar-refractivity contribution in [3.05, 3.63) is 65.7 Å². The van der Waals surface area contributed by atoms with Gasteiger partial charge in [0, 0.05) is 12.1 Å². The second-order valence-electron chi connectivity index (χ2n) is 6.11. The average molecular weight is 309 g/mol. The van der Waals surface area contributed by atoms with Gasteiger partial charge in [0.15, 0.2) is 5.60 Å². The molecular formula is C20H23NO2. The summed E-state index contributed by atoms with van der Waals surface area (Å²) in [6.45, 7) is 2.83. The summed E-state index contributed by atoms with van der Waals surface area (Å²) in [6.07, 6.45) is 4.40. The zero-order chi connectivity index (χ0) is 16.3. The van der Waals surface area contributed by atoms with Crippen LogP contribution in [0.15, 0.2) is 54.6 Å². The molecule has 1 amide bonds. The van der Waals surface area contributed by atoms with Crippen LogP contribution in [0.3, 0.4) is 0 Å². The van der Waals surface area contributed by atoms with Crippen molar-refractivity contribution >= 4 is 11.6 Å². The Labute approximate surface area is 137 Å². The third-order valence-electron chi connectivity index (χ3n) is 4.57. The van der Waals surface area contributed by atoms with Gasteiger partial charge in [0.05, 0.1) is 5.69 Å². The summed E-state index contributed by atoms with van der Waals surface area (Å²) in [4.78, 5) is 14.8. The molecule has 0 saturated heterocycles. The van der Waals surface area contributed by atoms with Gasteiger partial charge in [-0.15, -0.1) is 0 Å². The number of carbonyl (C=O) groups excluding carboxylic acids is 1. The largest absolute Gasteiger partial charge is 0.372 e. The number of rotatable bonds is 6. The van der Waals surface area contributed by atoms with Gasteiger partial charge in [0.25, 0.3) is 5.91 Å². The van der Waals surface area contributed by atoms with E-state index in [1.807, 2.05) is 54.6 Å². The highest BCUT2D eigenvalue weighted by Crippen LogP contribution is 2.44. The quantitative estimate of drug-likeness (QED) is 0.823. The van der Waals surface area contributed by atoms with Crippen LogP contribution < -0.4 is 4.90 Å². The first-order valence-corrected chi connectivity index (χ1v) is 8.39. The van der Waals surface area contributed by atoms with Crippen molar-refractivity contribution in [2.24, 2.45) is 0 Å². The van der Waals surface area contributed by atoms with E-state index in [1.54, 1.807) is 4.90 Å². The highest BCUT2D eigenvalue weighted by molar-refractivity contribution is 6.09. The molecule has 3 heteroatoms. The first-order chi connectivity index (χ1) is 11.2. The molecule has 2 aromatic rings. The fraction of sp³-hybridized carbons (Fsp3) is 0.350. The van der Waals surface area contributed by atoms with Gasteiger partial charge in [-0.3, -0.25) is 4.79 Å². The molecule has 0 radical (unpaired) electrons. The molecule has 0 saturated carbocycles. The van der Waals surface area contributed by atoms with Crippen LogP contribution in [-0.4, -0.2) is 17.6 Å². The highest BCUT2D eigenvalue weighted by Gasteiger charge is 2.50. The molecule has 0 bridgehead atoms. The standard InChI is InChI=1S/C20H23NO2/c1-2-3-4-10-15-21-18-14-9-8-13-17(18)20(23,19(21)22)16-11-6-5-7-12-16/h5-9,11-14,23H,2-4,10,15H2,1H3. The molecule has 0 aromatic heterocycles. The predicted molar refractivity (Wildman–Crippen MR) is 92.4 cm³/mol. The van der Waals surface area contributed by atoms with E-state index >= 15 is 0 Å². The van der Waals surface area contributed by atoms with Gasteiger partial charge < -0.3 is 10.0 Å². The SMILES string of the molecule is CCCCCCN1C(=O)C(O)(c2ccccc2)c2ccccc21. The summed E-state index contributed by atoms with van der Waals surface area (Å²) < 4.78 is 0. The van der Waals surface area contributed by atoms with Crippen molar-refractivity contribution in [1.29, 1.82) is 0 Å². The minimum absolute atomic E-state index is 0.235. The number of amides is 1. The van der Waals surface area contributed by atoms with Gasteiger partial charge in [0.1, 0.15) is 0 Å². The van der Waals surface area contributed by atoms with E-state index in [-0.39, 0.29) is 5.91 Å². The number of anilines is 1. The molecular weight excluding hydrogens is 286 g/mol. The lowest BCUT2D eigenvalue weighted by Gasteiger charge is -2.23. The second kappa shape index (κ2) is 6.55. The van der Waals surface area contributed by atoms with Crippen molar-refractivity contribution in [3.63, 3.8) is 0 Å². The van der Waals surface area contributed by atoms with Crippen molar-refractivity contribution in [2.45, 2.75) is 38.2 Å². The number of fused-ring (bicyclic) bond motifs is 1. The molecule has 0 fully saturated rings. The Hall–Kier alpha value is -2.13. The van der Waals surface area contributed by atoms with Crippen molar-refractivity contribution < 1.29 is 9.90 Å². The second-order valence-corrected chi connectivity index (χ2v) is 6.11. The average Bonchev–Trinajstić information content (AvgIpc) is 2.82. The van der Waals surface area contributed by atoms with E-state index in [4.69, 9.17) is 0 Å². The third-order valence-corrected chi connectivity index (χ3v) is 4.57. The molecule has 1 atom stereocenters. The summed E-state index contributed by atoms with van der Waals surface area (Å²) in [5.41, 5.74) is 0.586. The Morgan fingerprint density at radius 1 is 0.957 bits per heavy atom. The molecule has 1 heterocycles. The summed E-state index contributed by atoms with van der Waals surface area (Å²) in [7, 11) is 0. The van der Waals surface area contributed by atoms with Gasteiger partial charge in [-0.25, -0.2) is 0 Å². The van der Waals surface area contributed by atoms with E-state index in [1.165, 1.54) is 12.8 Å². The number of carbonyl (C=O) groups is 1. The highest BCUT2D eigenvalue weighted by atomic mass is 16.3. The smallest absolute Gasteiger partial charge is 0.268 e. The lowest BCUT2D eigenvalue weighted by molar-refractivity contribution is -0.132. The van der Waals surface area contributed by atoms with Gasteiger partial charge in [-0.1, -0.05) is 74.7 Å². The summed E-state index contributed by atoms with van der Waals surface area (Å²) in [5.74, 6) is -0.235. The van der Waals surface area contributed by atoms with Crippen molar-refractivity contribution in [3.8, 4) is 0 Å². The van der Waals surface area contributed by atoms with E-state index < -0.39 is 5.60 Å². The van der Waals surface area contributed by atoms with Crippen LogP contribution in [0.1, 0.15) is 43.7 Å². The number of benzene rings is 2. The minimum Gasteiger partial charge on any atom is -0.372 e. The fourth-order valence-electron chi connectivity index (χ4n) is 3.31. The molecule has 0 spiro atoms. The molecule has 3 nitrogen and oxygen atoms in total. The maximum Gasteiger partial charge on any atom is 0.268 e. The van der Waals surface area contributed by atoms with E-state index in [2.05, 4.69) is 6.92 Å². The number of hydrogen-bond acceptors (Lipinski definition) is 2. The number of nitrogens with zero attached hydrogens (tertiary/aromatic N) is 1. The molecule has 1 N–H and O–H groups in total. The number of hydrogen-bond donors (Lipinski definition) is 1. The molecule has 1 aliphatic heterocycles. The Bertz CT molecular complexity index is 683. The summed E-state index contributed by atoms with van der Waals surface area (Å²) in [6, 6.07) is 16.8. The topological polar surface area (TPSA) is 40.5 Å². The molecule has 120 valence electrons. The van der Waals surface area contributed by atoms with Gasteiger partial charge >= 0.3 is 0 Å². The predicted octanol–water partition coefficient (Wildman–Crippen LogP) is 3.85. The maximum absolute atomic E-state index is 13.0. The minimum atomic E-state index is -1.57. The molecule has 1 aliphatic rings. The zero-order valence-corrected chi connectivity index (χ0v) is 13.5. The van der Waals surface area contributed by atoms with Gasteiger partial charge in [-0.2, -0.15) is 0 Å². The van der Waals surface area contributed by atoms with E-state index in [0.717, 1.165) is 18.5 Å². The summed E-state index contributed by atoms with van der Waals surface area (Å²) >= 11 is 0. The van der Waals surface area contributed by atoms with E-state index in [9.17, 15) is 9.90 Å². The van der Waals surface area contributed by atoms with Gasteiger partial charge in [0.2, 0.25) is 0 Å². The van der Waals surface area contributed by atoms with Gasteiger partial charge in [-0.05, 0) is 18.1 Å². The van der Waals surface area contributed by atoms with Crippen LogP contribution in [0.5, 0.6) is 0 Å². The Morgan fingerprint density at radius 3 is 2.39 bits per heavy atom. The number of aliphatic hydroxyl groups is 1. The zero-order valence-electron chi connectivity index (χ0n) is 13.5. The number of unbranched alkanes of at least 4 members (excludes halogenated alkanes) is 3. The lowest BCUT2D eigenvalue weighted by atomic mass is 9.88. The van der Waals surface area contributed by atoms with Crippen molar-refractivity contribution in [1.82, 2.24) is 0 Å². The molecule has 1 unspecified atom stereocenters. The molecule has 2 aromatic carbocycles. The Kier molecular flexibility index (Phi) is 4.49. The molecule has 23 heavy (non-hydrogen) atoms. The van der Waals surface area contributed by atoms with Crippen LogP contribution in [-0.2, 0) is 10.4 Å². The summed E-state index contributed by atoms with van der Waals surface area (Å²) in [5, 5.41) is 11.3. The van der Waals surface area contributed by atoms with Crippen LogP contribution in [0.4, 0.5) is 5.69 Å². The maximum atomic E-state index is 13.0. The Balaban J connectivity index is 1.95. The van der Waals surface area contributed by atoms with Crippen molar-refractivity contribution in [2.75, 3.05) is 11.4 Å². The fourth-order valence-corrected chi connectivity index (χ4v) is 3.31. The monoisotopic (exact) mass is 309 g/mol. The molecule has 3 rings (SSSR count). The first kappa shape index (κ1) is 15.8. The first-order valence-electron chi connectivity index (χ1n) is 8.39. The van der Waals surface area contributed by atoms with Crippen LogP contribution in [0, 0.1) is 0 Å².